The summed E-state index contributed by atoms with van der Waals surface area (Å²) >= 11 is 1.48. The van der Waals surface area contributed by atoms with Crippen molar-refractivity contribution in [3.8, 4) is 5.75 Å². The topological polar surface area (TPSA) is 93.5 Å². The molecule has 10 heteroatoms. The third-order valence-corrected chi connectivity index (χ3v) is 5.43. The lowest BCUT2D eigenvalue weighted by Crippen LogP contribution is -2.46. The fourth-order valence-electron chi connectivity index (χ4n) is 3.24. The second-order valence-corrected chi connectivity index (χ2v) is 7.26. The van der Waals surface area contributed by atoms with Crippen LogP contribution >= 0.6 is 45.7 Å². The van der Waals surface area contributed by atoms with E-state index in [9.17, 15) is 14.7 Å². The number of halogens is 2. The van der Waals surface area contributed by atoms with Crippen molar-refractivity contribution in [1.82, 2.24) is 14.9 Å². The molecule has 0 amide bonds. The van der Waals surface area contributed by atoms with E-state index >= 15 is 0 Å². The van der Waals surface area contributed by atoms with Gasteiger partial charge in [0.15, 0.2) is 5.78 Å². The zero-order chi connectivity index (χ0) is 18.7. The number of benzene rings is 1. The van der Waals surface area contributed by atoms with Gasteiger partial charge in [-0.15, -0.1) is 45.7 Å². The molecule has 0 bridgehead atoms. The van der Waals surface area contributed by atoms with E-state index < -0.39 is 6.10 Å². The van der Waals surface area contributed by atoms with Gasteiger partial charge >= 0.3 is 0 Å². The minimum absolute atomic E-state index is 0. The highest BCUT2D eigenvalue weighted by molar-refractivity contribution is 8.93. The van der Waals surface area contributed by atoms with Gasteiger partial charge in [0, 0.05) is 18.5 Å². The lowest BCUT2D eigenvalue weighted by Gasteiger charge is -2.28. The van der Waals surface area contributed by atoms with Crippen LogP contribution < -0.4 is 15.6 Å². The molecule has 156 valence electrons. The van der Waals surface area contributed by atoms with Crippen LogP contribution in [0.3, 0.4) is 0 Å². The summed E-state index contributed by atoms with van der Waals surface area (Å²) in [6.07, 6.45) is 4.58. The number of methoxy groups -OCH3 is 1. The minimum Gasteiger partial charge on any atom is -0.496 e. The molecule has 2 heterocycles. The van der Waals surface area contributed by atoms with Crippen molar-refractivity contribution < 1.29 is 14.6 Å². The van der Waals surface area contributed by atoms with Gasteiger partial charge in [-0.3, -0.25) is 14.2 Å². The van der Waals surface area contributed by atoms with Gasteiger partial charge in [0.1, 0.15) is 5.75 Å². The first-order chi connectivity index (χ1) is 12.5. The van der Waals surface area contributed by atoms with Crippen molar-refractivity contribution in [3.05, 3.63) is 28.8 Å². The lowest BCUT2D eigenvalue weighted by atomic mass is 9.97. The van der Waals surface area contributed by atoms with Gasteiger partial charge in [-0.1, -0.05) is 0 Å². The average molecular weight is 539 g/mol. The van der Waals surface area contributed by atoms with Crippen LogP contribution in [-0.2, 0) is 11.3 Å². The average Bonchev–Trinajstić information content (AvgIpc) is 2.65. The number of carbonyl (C=O) groups excluding carboxylic acids is 1. The number of fused-ring (bicyclic) bond motifs is 1. The summed E-state index contributed by atoms with van der Waals surface area (Å²) in [7, 11) is 1.58. The summed E-state index contributed by atoms with van der Waals surface area (Å²) < 4.78 is 6.65. The standard InChI is InChI=1S/C18H23N3O4S.2BrH/c1-25-16-8-13-12(7-17(16)26-2)18(24)21(10-20-13)9-11(22)6-14-15(23)4-3-5-19-14;;/h7-8,10,14-15,19,23H,3-6,9H2,1-2H3;2*1H. The number of hydrogen-bond donors (Lipinski definition) is 2. The summed E-state index contributed by atoms with van der Waals surface area (Å²) in [6, 6.07) is 3.24. The van der Waals surface area contributed by atoms with Crippen LogP contribution in [0.2, 0.25) is 0 Å². The van der Waals surface area contributed by atoms with Gasteiger partial charge < -0.3 is 15.2 Å². The van der Waals surface area contributed by atoms with E-state index in [1.807, 2.05) is 6.26 Å². The number of rotatable bonds is 6. The number of aliphatic hydroxyl groups is 1. The number of aliphatic hydroxyl groups excluding tert-OH is 1. The van der Waals surface area contributed by atoms with Crippen molar-refractivity contribution >= 4 is 62.4 Å². The van der Waals surface area contributed by atoms with E-state index in [1.165, 1.54) is 22.7 Å². The van der Waals surface area contributed by atoms with E-state index in [2.05, 4.69) is 10.3 Å². The zero-order valence-electron chi connectivity index (χ0n) is 15.7. The summed E-state index contributed by atoms with van der Waals surface area (Å²) in [5.41, 5.74) is 0.288. The summed E-state index contributed by atoms with van der Waals surface area (Å²) in [5, 5.41) is 13.6. The molecule has 7 nitrogen and oxygen atoms in total. The van der Waals surface area contributed by atoms with Gasteiger partial charge in [0.25, 0.3) is 5.56 Å². The Morgan fingerprint density at radius 3 is 2.82 bits per heavy atom. The Morgan fingerprint density at radius 1 is 1.43 bits per heavy atom. The third-order valence-electron chi connectivity index (χ3n) is 4.67. The number of carbonyl (C=O) groups is 1. The molecule has 0 spiro atoms. The maximum Gasteiger partial charge on any atom is 0.261 e. The van der Waals surface area contributed by atoms with Gasteiger partial charge in [0.2, 0.25) is 0 Å². The molecule has 28 heavy (non-hydrogen) atoms. The molecule has 2 atom stereocenters. The number of ketones is 1. The highest BCUT2D eigenvalue weighted by atomic mass is 79.9. The lowest BCUT2D eigenvalue weighted by molar-refractivity contribution is -0.121. The smallest absolute Gasteiger partial charge is 0.261 e. The maximum absolute atomic E-state index is 12.7. The fourth-order valence-corrected chi connectivity index (χ4v) is 3.82. The number of hydrogen-bond acceptors (Lipinski definition) is 7. The number of Topliss-reactive ketones (excluding diaryl/α,β-unsaturated/α-hetero) is 1. The monoisotopic (exact) mass is 537 g/mol. The Hall–Kier alpha value is -0.940. The van der Waals surface area contributed by atoms with Crippen LogP contribution in [-0.4, -0.2) is 52.5 Å². The largest absolute Gasteiger partial charge is 0.496 e. The predicted octanol–water partition coefficient (Wildman–Crippen LogP) is 2.35. The second-order valence-electron chi connectivity index (χ2n) is 6.41. The molecule has 1 aromatic heterocycles. The summed E-state index contributed by atoms with van der Waals surface area (Å²) in [5.74, 6) is 0.563. The number of aromatic nitrogens is 2. The molecule has 0 saturated carbocycles. The van der Waals surface area contributed by atoms with E-state index in [0.29, 0.717) is 23.1 Å². The van der Waals surface area contributed by atoms with Crippen LogP contribution in [0.15, 0.2) is 28.2 Å². The normalized spacial score (nSPS) is 18.8. The van der Waals surface area contributed by atoms with Crippen molar-refractivity contribution in [2.24, 2.45) is 0 Å². The summed E-state index contributed by atoms with van der Waals surface area (Å²) in [6.45, 7) is 0.749. The van der Waals surface area contributed by atoms with Crippen molar-refractivity contribution in [2.45, 2.75) is 42.8 Å². The van der Waals surface area contributed by atoms with Crippen molar-refractivity contribution in [1.29, 1.82) is 0 Å². The van der Waals surface area contributed by atoms with Crippen molar-refractivity contribution in [2.75, 3.05) is 19.9 Å². The highest BCUT2D eigenvalue weighted by Crippen LogP contribution is 2.30. The van der Waals surface area contributed by atoms with Crippen molar-refractivity contribution in [3.63, 3.8) is 0 Å². The molecular weight excluding hydrogens is 514 g/mol. The number of piperidine rings is 1. The van der Waals surface area contributed by atoms with E-state index in [1.54, 1.807) is 19.2 Å². The molecule has 1 aliphatic rings. The van der Waals surface area contributed by atoms with E-state index in [-0.39, 0.29) is 64.3 Å². The first kappa shape index (κ1) is 25.1. The quantitative estimate of drug-likeness (QED) is 0.545. The van der Waals surface area contributed by atoms with Gasteiger partial charge in [0.05, 0.1) is 41.9 Å². The first-order valence-corrected chi connectivity index (χ1v) is 9.80. The van der Waals surface area contributed by atoms with Crippen LogP contribution in [0, 0.1) is 0 Å². The Balaban J connectivity index is 0.00000196. The van der Waals surface area contributed by atoms with Crippen LogP contribution in [0.1, 0.15) is 19.3 Å². The highest BCUT2D eigenvalue weighted by Gasteiger charge is 2.25. The second kappa shape index (κ2) is 11.3. The molecule has 2 N–H and O–H groups in total. The fraction of sp³-hybridized carbons (Fsp3) is 0.500. The molecule has 0 aliphatic carbocycles. The molecule has 3 rings (SSSR count). The zero-order valence-corrected chi connectivity index (χ0v) is 20.0. The Morgan fingerprint density at radius 2 is 2.18 bits per heavy atom. The molecule has 2 aromatic rings. The Bertz CT molecular complexity index is 878. The third kappa shape index (κ3) is 5.56. The molecule has 1 aliphatic heterocycles. The van der Waals surface area contributed by atoms with Crippen LogP contribution in [0.4, 0.5) is 0 Å². The van der Waals surface area contributed by atoms with Crippen LogP contribution in [0.5, 0.6) is 5.75 Å². The minimum atomic E-state index is -0.518. The molecular formula is C18H25Br2N3O4S. The number of nitrogens with one attached hydrogen (secondary N) is 1. The molecule has 2 unspecified atom stereocenters. The first-order valence-electron chi connectivity index (χ1n) is 8.57. The van der Waals surface area contributed by atoms with Gasteiger partial charge in [-0.2, -0.15) is 0 Å². The predicted molar refractivity (Wildman–Crippen MR) is 122 cm³/mol. The van der Waals surface area contributed by atoms with Gasteiger partial charge in [-0.05, 0) is 31.7 Å². The summed E-state index contributed by atoms with van der Waals surface area (Å²) in [4.78, 5) is 30.3. The number of thioether (sulfide) groups is 1. The Kier molecular flexibility index (Phi) is 10.1. The number of nitrogens with zero attached hydrogens (tertiary/aromatic N) is 2. The van der Waals surface area contributed by atoms with E-state index in [0.717, 1.165) is 17.9 Å². The molecule has 0 radical (unpaired) electrons. The maximum atomic E-state index is 12.7. The van der Waals surface area contributed by atoms with Gasteiger partial charge in [-0.25, -0.2) is 4.98 Å². The van der Waals surface area contributed by atoms with E-state index in [4.69, 9.17) is 4.74 Å². The Labute approximate surface area is 188 Å². The number of ether oxygens (including phenoxy) is 1. The SMILES string of the molecule is Br.Br.COc1cc2ncn(CC(=O)CC3NCCCC3O)c(=O)c2cc1SC. The molecule has 1 aromatic carbocycles. The molecule has 1 saturated heterocycles. The van der Waals surface area contributed by atoms with Crippen LogP contribution in [0.25, 0.3) is 10.9 Å². The molecule has 1 fully saturated rings.